The molecule has 4 aromatic rings. The summed E-state index contributed by atoms with van der Waals surface area (Å²) in [4.78, 5) is 20.8. The summed E-state index contributed by atoms with van der Waals surface area (Å²) in [5.41, 5.74) is 1.64. The Morgan fingerprint density at radius 1 is 1.13 bits per heavy atom. The van der Waals surface area contributed by atoms with Crippen LogP contribution in [-0.4, -0.2) is 39.7 Å². The predicted molar refractivity (Wildman–Crippen MR) is 148 cm³/mol. The average Bonchev–Trinajstić information content (AvgIpc) is 3.06. The summed E-state index contributed by atoms with van der Waals surface area (Å²) in [7, 11) is -3.94. The van der Waals surface area contributed by atoms with Gasteiger partial charge in [0.15, 0.2) is 11.3 Å². The van der Waals surface area contributed by atoms with Gasteiger partial charge in [-0.15, -0.1) is 5.10 Å². The molecule has 0 aliphatic heterocycles. The molecular weight excluding hydrogens is 518 g/mol. The Balaban J connectivity index is 1.56. The number of ether oxygens (including phenoxy) is 1. The molecule has 0 atom stereocenters. The Morgan fingerprint density at radius 3 is 2.62 bits per heavy atom. The molecule has 10 nitrogen and oxygen atoms in total. The number of H-pyrrole nitrogens is 1. The normalized spacial score (nSPS) is 14.9. The van der Waals surface area contributed by atoms with Crippen molar-refractivity contribution in [3.05, 3.63) is 69.9 Å². The van der Waals surface area contributed by atoms with Gasteiger partial charge in [-0.25, -0.2) is 22.6 Å². The molecule has 1 fully saturated rings. The fourth-order valence-electron chi connectivity index (χ4n) is 5.19. The molecule has 206 valence electrons. The van der Waals surface area contributed by atoms with Crippen LogP contribution in [0.4, 0.5) is 0 Å². The number of aromatic hydroxyl groups is 1. The first-order valence-electron chi connectivity index (χ1n) is 13.3. The molecule has 0 amide bonds. The number of aryl methyl sites for hydroxylation is 1. The van der Waals surface area contributed by atoms with Gasteiger partial charge in [-0.1, -0.05) is 37.8 Å². The molecule has 2 aromatic carbocycles. The smallest absolute Gasteiger partial charge is 0.277 e. The SMILES string of the molecule is CCOc1ccc(S(=O)(=O)NCc2cccc(O)c2)cc1-c1nn2c(C3CCCCCC3)nc(C)c2c(=O)[nH]1. The number of phenolic OH excluding ortho intramolecular Hbond substituents is 1. The maximum absolute atomic E-state index is 13.2. The van der Waals surface area contributed by atoms with Crippen LogP contribution in [0.2, 0.25) is 0 Å². The van der Waals surface area contributed by atoms with Crippen LogP contribution in [0.25, 0.3) is 16.9 Å². The van der Waals surface area contributed by atoms with E-state index in [0.29, 0.717) is 34.7 Å². The van der Waals surface area contributed by atoms with E-state index < -0.39 is 10.0 Å². The maximum Gasteiger partial charge on any atom is 0.277 e. The molecule has 3 N–H and O–H groups in total. The van der Waals surface area contributed by atoms with Crippen molar-refractivity contribution in [3.8, 4) is 22.9 Å². The van der Waals surface area contributed by atoms with Crippen molar-refractivity contribution in [2.24, 2.45) is 0 Å². The van der Waals surface area contributed by atoms with Crippen molar-refractivity contribution < 1.29 is 18.3 Å². The van der Waals surface area contributed by atoms with Gasteiger partial charge in [0.1, 0.15) is 17.3 Å². The topological polar surface area (TPSA) is 139 Å². The monoisotopic (exact) mass is 551 g/mol. The molecule has 1 saturated carbocycles. The molecule has 11 heteroatoms. The highest BCUT2D eigenvalue weighted by atomic mass is 32.2. The number of aromatic amines is 1. The second-order valence-electron chi connectivity index (χ2n) is 9.89. The summed E-state index contributed by atoms with van der Waals surface area (Å²) < 4.78 is 36.4. The van der Waals surface area contributed by atoms with Crippen LogP contribution in [-0.2, 0) is 16.6 Å². The third-order valence-electron chi connectivity index (χ3n) is 7.11. The highest BCUT2D eigenvalue weighted by Gasteiger charge is 2.25. The molecule has 2 aromatic heterocycles. The van der Waals surface area contributed by atoms with Crippen molar-refractivity contribution in [2.75, 3.05) is 6.61 Å². The van der Waals surface area contributed by atoms with Crippen LogP contribution in [0.1, 0.15) is 68.4 Å². The van der Waals surface area contributed by atoms with Crippen LogP contribution in [0, 0.1) is 6.92 Å². The quantitative estimate of drug-likeness (QED) is 0.276. The molecule has 0 saturated heterocycles. The second kappa shape index (κ2) is 11.2. The zero-order valence-corrected chi connectivity index (χ0v) is 22.9. The summed E-state index contributed by atoms with van der Waals surface area (Å²) in [6.07, 6.45) is 6.58. The van der Waals surface area contributed by atoms with Crippen molar-refractivity contribution in [3.63, 3.8) is 0 Å². The molecule has 2 heterocycles. The molecule has 0 radical (unpaired) electrons. The first-order chi connectivity index (χ1) is 18.8. The first-order valence-corrected chi connectivity index (χ1v) is 14.8. The minimum absolute atomic E-state index is 0.000613. The van der Waals surface area contributed by atoms with Gasteiger partial charge < -0.3 is 14.8 Å². The molecule has 0 bridgehead atoms. The Morgan fingerprint density at radius 2 is 1.90 bits per heavy atom. The summed E-state index contributed by atoms with van der Waals surface area (Å²) in [5.74, 6) is 1.63. The molecule has 0 unspecified atom stereocenters. The number of sulfonamides is 1. The maximum atomic E-state index is 13.2. The van der Waals surface area contributed by atoms with E-state index >= 15 is 0 Å². The minimum Gasteiger partial charge on any atom is -0.508 e. The molecule has 1 aliphatic carbocycles. The number of benzene rings is 2. The lowest BCUT2D eigenvalue weighted by Crippen LogP contribution is -2.23. The Bertz CT molecular complexity index is 1650. The van der Waals surface area contributed by atoms with Crippen molar-refractivity contribution >= 4 is 15.5 Å². The zero-order valence-electron chi connectivity index (χ0n) is 22.1. The van der Waals surface area contributed by atoms with Gasteiger partial charge in [-0.3, -0.25) is 4.79 Å². The van der Waals surface area contributed by atoms with E-state index in [1.165, 1.54) is 37.1 Å². The lowest BCUT2D eigenvalue weighted by atomic mass is 10.00. The molecule has 1 aliphatic rings. The predicted octanol–water partition coefficient (Wildman–Crippen LogP) is 4.41. The van der Waals surface area contributed by atoms with Crippen LogP contribution < -0.4 is 15.0 Å². The standard InChI is InChI=1S/C28H33N5O5S/c1-3-38-24-14-13-22(39(36,37)29-17-19-9-8-12-21(34)15-19)16-23(24)26-31-28(35)25-18(2)30-27(33(25)32-26)20-10-6-4-5-7-11-20/h8-9,12-16,20,29,34H,3-7,10-11,17H2,1-2H3,(H,31,32,35). The number of rotatable bonds is 8. The van der Waals surface area contributed by atoms with Crippen LogP contribution in [0.15, 0.2) is 52.2 Å². The summed E-state index contributed by atoms with van der Waals surface area (Å²) in [6, 6.07) is 10.8. The number of hydrogen-bond donors (Lipinski definition) is 3. The van der Waals surface area contributed by atoms with Gasteiger partial charge in [0.25, 0.3) is 5.56 Å². The van der Waals surface area contributed by atoms with E-state index in [2.05, 4.69) is 9.71 Å². The van der Waals surface area contributed by atoms with Gasteiger partial charge in [0.2, 0.25) is 10.0 Å². The van der Waals surface area contributed by atoms with E-state index in [1.807, 2.05) is 13.8 Å². The van der Waals surface area contributed by atoms with Gasteiger partial charge in [0, 0.05) is 12.5 Å². The van der Waals surface area contributed by atoms with Crippen molar-refractivity contribution in [2.45, 2.75) is 69.7 Å². The van der Waals surface area contributed by atoms with Gasteiger partial charge in [0.05, 0.1) is 22.8 Å². The average molecular weight is 552 g/mol. The molecule has 39 heavy (non-hydrogen) atoms. The Hall–Kier alpha value is -3.70. The van der Waals surface area contributed by atoms with E-state index in [9.17, 15) is 18.3 Å². The lowest BCUT2D eigenvalue weighted by molar-refractivity contribution is 0.341. The summed E-state index contributed by atoms with van der Waals surface area (Å²) in [6.45, 7) is 3.98. The first kappa shape index (κ1) is 26.9. The summed E-state index contributed by atoms with van der Waals surface area (Å²) in [5, 5.41) is 14.5. The summed E-state index contributed by atoms with van der Waals surface area (Å²) >= 11 is 0. The Kier molecular flexibility index (Phi) is 7.72. The number of fused-ring (bicyclic) bond motifs is 1. The second-order valence-corrected chi connectivity index (χ2v) is 11.7. The fourth-order valence-corrected chi connectivity index (χ4v) is 6.23. The minimum atomic E-state index is -3.94. The largest absolute Gasteiger partial charge is 0.508 e. The number of hydrogen-bond acceptors (Lipinski definition) is 7. The number of phenols is 1. The van der Waals surface area contributed by atoms with E-state index in [1.54, 1.807) is 22.7 Å². The van der Waals surface area contributed by atoms with Crippen LogP contribution in [0.3, 0.4) is 0 Å². The number of nitrogens with zero attached hydrogens (tertiary/aromatic N) is 3. The Labute approximate surface area is 227 Å². The van der Waals surface area contributed by atoms with Crippen LogP contribution in [0.5, 0.6) is 11.5 Å². The number of aromatic nitrogens is 4. The molecular formula is C28H33N5O5S. The number of nitrogens with one attached hydrogen (secondary N) is 2. The number of imidazole rings is 1. The molecule has 5 rings (SSSR count). The van der Waals surface area contributed by atoms with Crippen molar-refractivity contribution in [1.82, 2.24) is 24.3 Å². The van der Waals surface area contributed by atoms with Crippen LogP contribution >= 0.6 is 0 Å². The lowest BCUT2D eigenvalue weighted by Gasteiger charge is -2.15. The van der Waals surface area contributed by atoms with E-state index in [-0.39, 0.29) is 34.5 Å². The van der Waals surface area contributed by atoms with Gasteiger partial charge in [-0.05, 0) is 62.6 Å². The molecule has 0 spiro atoms. The highest BCUT2D eigenvalue weighted by molar-refractivity contribution is 7.89. The highest BCUT2D eigenvalue weighted by Crippen LogP contribution is 2.33. The fraction of sp³-hybridized carbons (Fsp3) is 0.393. The zero-order chi connectivity index (χ0) is 27.6. The third kappa shape index (κ3) is 5.69. The van der Waals surface area contributed by atoms with Gasteiger partial charge >= 0.3 is 0 Å². The van der Waals surface area contributed by atoms with E-state index in [4.69, 9.17) is 14.8 Å². The van der Waals surface area contributed by atoms with Gasteiger partial charge in [-0.2, -0.15) is 0 Å². The third-order valence-corrected chi connectivity index (χ3v) is 8.51. The van der Waals surface area contributed by atoms with Crippen molar-refractivity contribution in [1.29, 1.82) is 0 Å². The van der Waals surface area contributed by atoms with E-state index in [0.717, 1.165) is 31.5 Å².